The lowest BCUT2D eigenvalue weighted by molar-refractivity contribution is 0.246. The Bertz CT molecular complexity index is 378. The fourth-order valence-corrected chi connectivity index (χ4v) is 4.20. The van der Waals surface area contributed by atoms with Gasteiger partial charge < -0.3 is 5.32 Å². The van der Waals surface area contributed by atoms with Gasteiger partial charge in [0.15, 0.2) is 0 Å². The number of rotatable bonds is 6. The van der Waals surface area contributed by atoms with Gasteiger partial charge in [-0.05, 0) is 37.3 Å². The number of benzene rings is 1. The summed E-state index contributed by atoms with van der Waals surface area (Å²) in [5.41, 5.74) is 1.52. The van der Waals surface area contributed by atoms with Crippen LogP contribution >= 0.6 is 0 Å². The Morgan fingerprint density at radius 1 is 1.05 bits per heavy atom. The Morgan fingerprint density at radius 2 is 1.67 bits per heavy atom. The van der Waals surface area contributed by atoms with Crippen molar-refractivity contribution in [3.8, 4) is 0 Å². The summed E-state index contributed by atoms with van der Waals surface area (Å²) in [6, 6.07) is 11.8. The topological polar surface area (TPSA) is 12.0 Å². The van der Waals surface area contributed by atoms with E-state index in [1.54, 1.807) is 0 Å². The average Bonchev–Trinajstić information content (AvgIpc) is 2.81. The predicted molar refractivity (Wildman–Crippen MR) is 92.7 cm³/mol. The van der Waals surface area contributed by atoms with Gasteiger partial charge in [0.05, 0.1) is 0 Å². The first-order chi connectivity index (χ1) is 10.3. The van der Waals surface area contributed by atoms with E-state index in [0.717, 1.165) is 11.8 Å². The highest BCUT2D eigenvalue weighted by atomic mass is 14.9. The van der Waals surface area contributed by atoms with E-state index < -0.39 is 0 Å². The van der Waals surface area contributed by atoms with E-state index in [0.29, 0.717) is 12.0 Å². The summed E-state index contributed by atoms with van der Waals surface area (Å²) >= 11 is 0. The van der Waals surface area contributed by atoms with Gasteiger partial charge in [-0.25, -0.2) is 0 Å². The van der Waals surface area contributed by atoms with Crippen molar-refractivity contribution in [2.24, 2.45) is 11.8 Å². The van der Waals surface area contributed by atoms with Crippen LogP contribution in [0.3, 0.4) is 0 Å². The molecule has 118 valence electrons. The van der Waals surface area contributed by atoms with E-state index in [1.807, 2.05) is 0 Å². The van der Waals surface area contributed by atoms with Gasteiger partial charge in [-0.1, -0.05) is 76.3 Å². The molecule has 0 spiro atoms. The summed E-state index contributed by atoms with van der Waals surface area (Å²) in [6.07, 6.45) is 9.79. The maximum atomic E-state index is 3.71. The first-order valence-electron chi connectivity index (χ1n) is 9.00. The van der Waals surface area contributed by atoms with E-state index in [1.165, 1.54) is 50.5 Å². The van der Waals surface area contributed by atoms with Gasteiger partial charge in [-0.3, -0.25) is 0 Å². The van der Waals surface area contributed by atoms with Crippen LogP contribution in [-0.4, -0.2) is 13.1 Å². The van der Waals surface area contributed by atoms with E-state index in [4.69, 9.17) is 0 Å². The van der Waals surface area contributed by atoms with Crippen molar-refractivity contribution in [2.45, 2.75) is 70.8 Å². The van der Waals surface area contributed by atoms with Gasteiger partial charge in [0.2, 0.25) is 0 Å². The van der Waals surface area contributed by atoms with E-state index in [-0.39, 0.29) is 0 Å². The van der Waals surface area contributed by atoms with Crippen LogP contribution in [0.4, 0.5) is 0 Å². The smallest absolute Gasteiger partial charge is 0.0164 e. The number of hydrogen-bond acceptors (Lipinski definition) is 1. The molecule has 0 amide bonds. The molecule has 1 saturated carbocycles. The number of nitrogens with one attached hydrogen (secondary N) is 1. The molecule has 1 aromatic carbocycles. The highest BCUT2D eigenvalue weighted by Crippen LogP contribution is 2.37. The summed E-state index contributed by atoms with van der Waals surface area (Å²) in [6.45, 7) is 4.76. The molecule has 0 saturated heterocycles. The highest BCUT2D eigenvalue weighted by Gasteiger charge is 2.32. The van der Waals surface area contributed by atoms with Crippen LogP contribution < -0.4 is 5.32 Å². The van der Waals surface area contributed by atoms with Crippen LogP contribution in [0.1, 0.15) is 70.3 Å². The van der Waals surface area contributed by atoms with Crippen LogP contribution in [0.15, 0.2) is 30.3 Å². The summed E-state index contributed by atoms with van der Waals surface area (Å²) < 4.78 is 0. The molecular weight excluding hydrogens is 254 g/mol. The van der Waals surface area contributed by atoms with Crippen molar-refractivity contribution >= 4 is 0 Å². The van der Waals surface area contributed by atoms with Crippen molar-refractivity contribution in [3.63, 3.8) is 0 Å². The fraction of sp³-hybridized carbons (Fsp3) is 0.700. The van der Waals surface area contributed by atoms with Crippen LogP contribution in [0.2, 0.25) is 0 Å². The minimum absolute atomic E-state index is 0.625. The standard InChI is InChI=1S/C20H33N/c1-4-16(2)19(17-12-10-7-11-13-17)20(21-3)18-14-8-5-6-9-15-18/h7,10-13,16,18-21H,4-6,8-9,14-15H2,1-3H3. The van der Waals surface area contributed by atoms with Crippen molar-refractivity contribution in [3.05, 3.63) is 35.9 Å². The SMILES string of the molecule is CCC(C)C(c1ccccc1)C(NC)C1CCCCCC1. The maximum absolute atomic E-state index is 3.71. The summed E-state index contributed by atoms with van der Waals surface area (Å²) in [5, 5.41) is 3.71. The Kier molecular flexibility index (Phi) is 6.76. The molecule has 0 heterocycles. The third-order valence-electron chi connectivity index (χ3n) is 5.57. The second kappa shape index (κ2) is 8.58. The van der Waals surface area contributed by atoms with E-state index in [9.17, 15) is 0 Å². The predicted octanol–water partition coefficient (Wildman–Crippen LogP) is 5.37. The zero-order valence-corrected chi connectivity index (χ0v) is 14.1. The normalized spacial score (nSPS) is 21.5. The van der Waals surface area contributed by atoms with Crippen molar-refractivity contribution in [1.82, 2.24) is 5.32 Å². The molecule has 21 heavy (non-hydrogen) atoms. The molecule has 1 N–H and O–H groups in total. The number of hydrogen-bond donors (Lipinski definition) is 1. The molecule has 0 radical (unpaired) electrons. The lowest BCUT2D eigenvalue weighted by Gasteiger charge is -2.37. The molecular formula is C20H33N. The summed E-state index contributed by atoms with van der Waals surface area (Å²) in [5.74, 6) is 2.22. The Balaban J connectivity index is 2.24. The molecule has 1 aliphatic carbocycles. The van der Waals surface area contributed by atoms with E-state index in [2.05, 4.69) is 56.5 Å². The van der Waals surface area contributed by atoms with Crippen molar-refractivity contribution < 1.29 is 0 Å². The molecule has 3 unspecified atom stereocenters. The fourth-order valence-electron chi connectivity index (χ4n) is 4.20. The molecule has 0 bridgehead atoms. The van der Waals surface area contributed by atoms with Crippen molar-refractivity contribution in [1.29, 1.82) is 0 Å². The average molecular weight is 287 g/mol. The largest absolute Gasteiger partial charge is 0.316 e. The van der Waals surface area contributed by atoms with Crippen molar-refractivity contribution in [2.75, 3.05) is 7.05 Å². The van der Waals surface area contributed by atoms with Crippen LogP contribution in [0, 0.1) is 11.8 Å². The molecule has 1 aromatic rings. The van der Waals surface area contributed by atoms with Gasteiger partial charge in [-0.2, -0.15) is 0 Å². The molecule has 2 rings (SSSR count). The van der Waals surface area contributed by atoms with Gasteiger partial charge in [0.25, 0.3) is 0 Å². The molecule has 1 nitrogen and oxygen atoms in total. The molecule has 3 atom stereocenters. The third-order valence-corrected chi connectivity index (χ3v) is 5.57. The number of likely N-dealkylation sites (N-methyl/N-ethyl adjacent to an activating group) is 1. The first-order valence-corrected chi connectivity index (χ1v) is 9.00. The quantitative estimate of drug-likeness (QED) is 0.693. The molecule has 1 aliphatic rings. The minimum atomic E-state index is 0.625. The minimum Gasteiger partial charge on any atom is -0.316 e. The lowest BCUT2D eigenvalue weighted by Crippen LogP contribution is -2.41. The lowest BCUT2D eigenvalue weighted by atomic mass is 9.73. The summed E-state index contributed by atoms with van der Waals surface area (Å²) in [4.78, 5) is 0. The van der Waals surface area contributed by atoms with Crippen LogP contribution in [0.25, 0.3) is 0 Å². The first kappa shape index (κ1) is 16.5. The van der Waals surface area contributed by atoms with Gasteiger partial charge in [-0.15, -0.1) is 0 Å². The molecule has 1 fully saturated rings. The van der Waals surface area contributed by atoms with Gasteiger partial charge >= 0.3 is 0 Å². The summed E-state index contributed by atoms with van der Waals surface area (Å²) in [7, 11) is 2.17. The zero-order chi connectivity index (χ0) is 15.1. The van der Waals surface area contributed by atoms with E-state index >= 15 is 0 Å². The Hall–Kier alpha value is -0.820. The van der Waals surface area contributed by atoms with Gasteiger partial charge in [0.1, 0.15) is 0 Å². The monoisotopic (exact) mass is 287 g/mol. The van der Waals surface area contributed by atoms with Gasteiger partial charge in [0, 0.05) is 12.0 Å². The second-order valence-electron chi connectivity index (χ2n) is 6.89. The zero-order valence-electron chi connectivity index (χ0n) is 14.1. The molecule has 0 aromatic heterocycles. The molecule has 0 aliphatic heterocycles. The second-order valence-corrected chi connectivity index (χ2v) is 6.89. The van der Waals surface area contributed by atoms with Crippen LogP contribution in [-0.2, 0) is 0 Å². The Morgan fingerprint density at radius 3 is 2.19 bits per heavy atom. The Labute approximate surface area is 131 Å². The highest BCUT2D eigenvalue weighted by molar-refractivity contribution is 5.22. The van der Waals surface area contributed by atoms with Crippen LogP contribution in [0.5, 0.6) is 0 Å². The maximum Gasteiger partial charge on any atom is 0.0164 e. The third kappa shape index (κ3) is 4.32. The molecule has 1 heteroatoms.